The van der Waals surface area contributed by atoms with Crippen molar-refractivity contribution in [1.29, 1.82) is 0 Å². The predicted octanol–water partition coefficient (Wildman–Crippen LogP) is 3.38. The van der Waals surface area contributed by atoms with Gasteiger partial charge in [-0.15, -0.1) is 0 Å². The van der Waals surface area contributed by atoms with Crippen LogP contribution in [0.3, 0.4) is 0 Å². The second-order valence-electron chi connectivity index (χ2n) is 5.97. The highest BCUT2D eigenvalue weighted by atomic mass is 16.5. The minimum absolute atomic E-state index is 0.0252. The summed E-state index contributed by atoms with van der Waals surface area (Å²) in [5.41, 5.74) is 2.65. The maximum atomic E-state index is 5.80. The Labute approximate surface area is 134 Å². The number of rotatable bonds is 5. The molecule has 0 spiro atoms. The summed E-state index contributed by atoms with van der Waals surface area (Å²) in [5, 5.41) is 7.78. The van der Waals surface area contributed by atoms with E-state index in [2.05, 4.69) is 15.4 Å². The van der Waals surface area contributed by atoms with Crippen LogP contribution in [0, 0.1) is 0 Å². The molecule has 0 radical (unpaired) electrons. The molecule has 1 N–H and O–H groups in total. The Kier molecular flexibility index (Phi) is 3.75. The van der Waals surface area contributed by atoms with Crippen LogP contribution in [0.2, 0.25) is 0 Å². The third kappa shape index (κ3) is 3.07. The van der Waals surface area contributed by atoms with E-state index in [-0.39, 0.29) is 12.1 Å². The Bertz CT molecular complexity index is 756. The smallest absolute Gasteiger partial charge is 0.217 e. The minimum atomic E-state index is -0.0252. The predicted molar refractivity (Wildman–Crippen MR) is 87.2 cm³/mol. The van der Waals surface area contributed by atoms with Crippen LogP contribution in [0.1, 0.15) is 31.7 Å². The van der Waals surface area contributed by atoms with Crippen molar-refractivity contribution in [3.05, 3.63) is 42.5 Å². The number of nitrogens with zero attached hydrogens (tertiary/aromatic N) is 3. The first-order chi connectivity index (χ1) is 11.3. The van der Waals surface area contributed by atoms with Gasteiger partial charge in [0.05, 0.1) is 24.5 Å². The summed E-state index contributed by atoms with van der Waals surface area (Å²) in [6.45, 7) is 3.70. The normalized spacial score (nSPS) is 19.3. The first-order valence-corrected chi connectivity index (χ1v) is 8.04. The van der Waals surface area contributed by atoms with Crippen molar-refractivity contribution in [3.63, 3.8) is 0 Å². The molecule has 6 heteroatoms. The average molecular weight is 312 g/mol. The zero-order chi connectivity index (χ0) is 15.6. The number of hydrogen-bond acceptors (Lipinski definition) is 5. The summed E-state index contributed by atoms with van der Waals surface area (Å²) < 4.78 is 13.4. The van der Waals surface area contributed by atoms with Crippen molar-refractivity contribution in [1.82, 2.24) is 14.8 Å². The summed E-state index contributed by atoms with van der Waals surface area (Å²) in [4.78, 5) is 4.52. The second kappa shape index (κ2) is 6.04. The molecule has 1 aromatic carbocycles. The third-order valence-electron chi connectivity index (χ3n) is 4.11. The monoisotopic (exact) mass is 312 g/mol. The van der Waals surface area contributed by atoms with Gasteiger partial charge in [0.1, 0.15) is 11.6 Å². The van der Waals surface area contributed by atoms with E-state index in [1.807, 2.05) is 48.3 Å². The first kappa shape index (κ1) is 14.3. The van der Waals surface area contributed by atoms with Crippen molar-refractivity contribution < 1.29 is 9.15 Å². The number of oxazole rings is 1. The van der Waals surface area contributed by atoms with Gasteiger partial charge in [-0.1, -0.05) is 12.1 Å². The van der Waals surface area contributed by atoms with E-state index in [0.29, 0.717) is 5.89 Å². The molecule has 1 aliphatic heterocycles. The van der Waals surface area contributed by atoms with Gasteiger partial charge in [-0.2, -0.15) is 5.10 Å². The largest absolute Gasteiger partial charge is 0.438 e. The van der Waals surface area contributed by atoms with E-state index >= 15 is 0 Å². The molecule has 6 nitrogen and oxygen atoms in total. The van der Waals surface area contributed by atoms with E-state index < -0.39 is 0 Å². The molecule has 1 fully saturated rings. The quantitative estimate of drug-likeness (QED) is 0.782. The fourth-order valence-electron chi connectivity index (χ4n) is 2.92. The molecular formula is C17H20N4O2. The highest BCUT2D eigenvalue weighted by Gasteiger charge is 2.17. The number of nitrogens with one attached hydrogen (secondary N) is 1. The summed E-state index contributed by atoms with van der Waals surface area (Å²) in [7, 11) is 0. The van der Waals surface area contributed by atoms with Gasteiger partial charge in [0.25, 0.3) is 0 Å². The van der Waals surface area contributed by atoms with Crippen molar-refractivity contribution in [2.45, 2.75) is 38.5 Å². The van der Waals surface area contributed by atoms with E-state index in [1.165, 1.54) is 0 Å². The fraction of sp³-hybridized carbons (Fsp3) is 0.412. The van der Waals surface area contributed by atoms with Crippen molar-refractivity contribution in [3.8, 4) is 0 Å². The summed E-state index contributed by atoms with van der Waals surface area (Å²) in [6.07, 6.45) is 6.38. The number of anilines is 1. The molecule has 2 atom stereocenters. The van der Waals surface area contributed by atoms with E-state index in [1.54, 1.807) is 0 Å². The Morgan fingerprint density at radius 2 is 2.30 bits per heavy atom. The second-order valence-corrected chi connectivity index (χ2v) is 5.97. The third-order valence-corrected chi connectivity index (χ3v) is 4.11. The van der Waals surface area contributed by atoms with Gasteiger partial charge in [0.15, 0.2) is 5.58 Å². The Hall–Kier alpha value is -2.34. The molecule has 0 amide bonds. The summed E-state index contributed by atoms with van der Waals surface area (Å²) in [5.74, 6) is 0.679. The van der Waals surface area contributed by atoms with Gasteiger partial charge in [-0.05, 0) is 31.9 Å². The van der Waals surface area contributed by atoms with Gasteiger partial charge in [0, 0.05) is 12.8 Å². The zero-order valence-corrected chi connectivity index (χ0v) is 13.1. The van der Waals surface area contributed by atoms with Gasteiger partial charge < -0.3 is 14.5 Å². The van der Waals surface area contributed by atoms with Crippen LogP contribution < -0.4 is 5.32 Å². The number of para-hydroxylation sites is 2. The van der Waals surface area contributed by atoms with Gasteiger partial charge in [-0.3, -0.25) is 4.68 Å². The molecule has 0 unspecified atom stereocenters. The minimum Gasteiger partial charge on any atom is -0.438 e. The van der Waals surface area contributed by atoms with Crippen LogP contribution in [0.15, 0.2) is 41.1 Å². The first-order valence-electron chi connectivity index (χ1n) is 8.04. The maximum Gasteiger partial charge on any atom is 0.217 e. The highest BCUT2D eigenvalue weighted by Crippen LogP contribution is 2.23. The van der Waals surface area contributed by atoms with Gasteiger partial charge in [-0.25, -0.2) is 4.98 Å². The number of hydrogen-bond donors (Lipinski definition) is 1. The molecule has 23 heavy (non-hydrogen) atoms. The molecular weight excluding hydrogens is 292 g/mol. The molecule has 1 aliphatic rings. The van der Waals surface area contributed by atoms with Crippen LogP contribution in [0.5, 0.6) is 0 Å². The average Bonchev–Trinajstić information content (AvgIpc) is 3.28. The summed E-state index contributed by atoms with van der Waals surface area (Å²) >= 11 is 0. The molecule has 120 valence electrons. The van der Waals surface area contributed by atoms with Gasteiger partial charge in [0.2, 0.25) is 5.89 Å². The van der Waals surface area contributed by atoms with Crippen LogP contribution in [-0.2, 0) is 11.3 Å². The zero-order valence-electron chi connectivity index (χ0n) is 13.1. The maximum absolute atomic E-state index is 5.80. The molecule has 3 heterocycles. The number of aromatic nitrogens is 3. The van der Waals surface area contributed by atoms with Crippen molar-refractivity contribution in [2.24, 2.45) is 0 Å². The molecule has 4 rings (SSSR count). The topological polar surface area (TPSA) is 65.1 Å². The fourth-order valence-corrected chi connectivity index (χ4v) is 2.92. The lowest BCUT2D eigenvalue weighted by Crippen LogP contribution is -2.15. The van der Waals surface area contributed by atoms with Crippen LogP contribution in [0.4, 0.5) is 5.69 Å². The molecule has 0 saturated carbocycles. The lowest BCUT2D eigenvalue weighted by molar-refractivity contribution is 0.0940. The van der Waals surface area contributed by atoms with E-state index in [0.717, 1.165) is 42.8 Å². The Morgan fingerprint density at radius 3 is 3.13 bits per heavy atom. The van der Waals surface area contributed by atoms with Gasteiger partial charge >= 0.3 is 0 Å². The Morgan fingerprint density at radius 1 is 1.39 bits per heavy atom. The Balaban J connectivity index is 1.43. The van der Waals surface area contributed by atoms with Crippen molar-refractivity contribution >= 4 is 16.8 Å². The van der Waals surface area contributed by atoms with E-state index in [4.69, 9.17) is 9.15 Å². The van der Waals surface area contributed by atoms with Crippen molar-refractivity contribution in [2.75, 3.05) is 11.9 Å². The number of ether oxygens (including phenoxy) is 1. The number of fused-ring (bicyclic) bond motifs is 1. The number of benzene rings is 1. The van der Waals surface area contributed by atoms with E-state index in [9.17, 15) is 0 Å². The SMILES string of the molecule is C[C@@H](Nc1cnn(C[C@@H]2CCCO2)c1)c1nc2ccccc2o1. The molecule has 0 aliphatic carbocycles. The molecule has 3 aromatic rings. The highest BCUT2D eigenvalue weighted by molar-refractivity contribution is 5.72. The molecule has 1 saturated heterocycles. The molecule has 2 aromatic heterocycles. The van der Waals surface area contributed by atoms with Crippen LogP contribution in [-0.4, -0.2) is 27.5 Å². The van der Waals surface area contributed by atoms with Crippen LogP contribution >= 0.6 is 0 Å². The summed E-state index contributed by atoms with van der Waals surface area (Å²) in [6, 6.07) is 7.77. The van der Waals surface area contributed by atoms with Crippen LogP contribution in [0.25, 0.3) is 11.1 Å². The lowest BCUT2D eigenvalue weighted by Gasteiger charge is -2.10. The lowest BCUT2D eigenvalue weighted by atomic mass is 10.2. The molecule has 0 bridgehead atoms. The standard InChI is InChI=1S/C17H20N4O2/c1-12(17-20-15-6-2-3-7-16(15)23-17)19-13-9-18-21(10-13)11-14-5-4-8-22-14/h2-3,6-7,9-10,12,14,19H,4-5,8,11H2,1H3/t12-,14+/m1/s1.